The minimum atomic E-state index is -4.38. The summed E-state index contributed by atoms with van der Waals surface area (Å²) < 4.78 is 27.1. The monoisotopic (exact) mass is 587 g/mol. The highest BCUT2D eigenvalue weighted by Crippen LogP contribution is 2.38. The summed E-state index contributed by atoms with van der Waals surface area (Å²) in [7, 11) is 1.39. The van der Waals surface area contributed by atoms with Gasteiger partial charge in [0.25, 0.3) is 7.82 Å². The number of ether oxygens (including phenoxy) is 1. The van der Waals surface area contributed by atoms with Crippen molar-refractivity contribution in [2.75, 3.05) is 59.4 Å². The summed E-state index contributed by atoms with van der Waals surface area (Å²) in [6.07, 6.45) is 4.61. The van der Waals surface area contributed by atoms with Gasteiger partial charge >= 0.3 is 12.0 Å². The molecule has 0 fully saturated rings. The maximum Gasteiger partial charge on any atom is 0.338 e. The zero-order valence-electron chi connectivity index (χ0n) is 24.4. The molecule has 1 unspecified atom stereocenters. The number of amides is 2. The third-order valence-corrected chi connectivity index (χ3v) is 6.71. The van der Waals surface area contributed by atoms with Gasteiger partial charge in [0.15, 0.2) is 0 Å². The lowest BCUT2D eigenvalue weighted by Gasteiger charge is -2.27. The molecule has 0 spiro atoms. The number of nitrogens with one attached hydrogen (secondary N) is 2. The van der Waals surface area contributed by atoms with E-state index in [1.807, 2.05) is 33.3 Å². The van der Waals surface area contributed by atoms with Crippen molar-refractivity contribution in [2.45, 2.75) is 39.0 Å². The van der Waals surface area contributed by atoms with Gasteiger partial charge < -0.3 is 33.8 Å². The minimum absolute atomic E-state index is 0.00470. The van der Waals surface area contributed by atoms with Crippen LogP contribution in [0.15, 0.2) is 48.5 Å². The van der Waals surface area contributed by atoms with Gasteiger partial charge in [-0.1, -0.05) is 38.0 Å². The molecule has 10 nitrogen and oxygen atoms in total. The molecule has 0 bridgehead atoms. The number of urea groups is 1. The summed E-state index contributed by atoms with van der Waals surface area (Å²) in [5.74, 6) is 5.57. The zero-order chi connectivity index (χ0) is 30.1. The van der Waals surface area contributed by atoms with Gasteiger partial charge in [-0.2, -0.15) is 0 Å². The Morgan fingerprint density at radius 2 is 1.46 bits per heavy atom. The Morgan fingerprint density at radius 3 is 2.07 bits per heavy atom. The lowest BCUT2D eigenvalue weighted by molar-refractivity contribution is -0.870. The Morgan fingerprint density at radius 1 is 0.854 bits per heavy atom. The van der Waals surface area contributed by atoms with E-state index in [4.69, 9.17) is 13.8 Å². The number of nitrogens with zero attached hydrogens (tertiary/aromatic N) is 1. The Bertz CT molecular complexity index is 1200. The van der Waals surface area contributed by atoms with Crippen LogP contribution in [-0.4, -0.2) is 70.5 Å². The average Bonchev–Trinajstić information content (AvgIpc) is 2.91. The van der Waals surface area contributed by atoms with E-state index >= 15 is 0 Å². The number of phosphoric ester groups is 1. The van der Waals surface area contributed by atoms with Gasteiger partial charge in [-0.05, 0) is 55.0 Å². The van der Waals surface area contributed by atoms with Crippen LogP contribution in [0.1, 0.15) is 60.5 Å². The molecule has 0 radical (unpaired) electrons. The van der Waals surface area contributed by atoms with Crippen LogP contribution < -0.4 is 15.5 Å². The molecule has 41 heavy (non-hydrogen) atoms. The molecular formula is C30H42N3O7P. The van der Waals surface area contributed by atoms with Crippen LogP contribution in [-0.2, 0) is 18.3 Å². The standard InChI is InChI=1S/C30H42N3O7P/c1-5-6-7-8-20-31-30(35)32-28-18-14-26(15-19-28)11-10-25-12-16-27(17-13-25)29(34)38-22-9-23-39-41(36,37)40-24-21-33(2,3)4/h12-19H,5-9,20-24H2,1-4H3,(H2-,31,32,34,35,36,37). The van der Waals surface area contributed by atoms with Crippen molar-refractivity contribution in [2.24, 2.45) is 0 Å². The van der Waals surface area contributed by atoms with Gasteiger partial charge in [0.05, 0.1) is 39.9 Å². The Kier molecular flexibility index (Phi) is 14.6. The molecule has 0 saturated heterocycles. The number of carbonyl (C=O) groups excluding carboxylic acids is 2. The number of quaternary nitrogens is 1. The first-order valence-corrected chi connectivity index (χ1v) is 15.3. The fraction of sp³-hybridized carbons (Fsp3) is 0.467. The van der Waals surface area contributed by atoms with Crippen LogP contribution in [0, 0.1) is 11.8 Å². The van der Waals surface area contributed by atoms with Crippen molar-refractivity contribution in [1.82, 2.24) is 5.32 Å². The molecule has 0 heterocycles. The number of hydrogen-bond donors (Lipinski definition) is 2. The van der Waals surface area contributed by atoms with Gasteiger partial charge in [0, 0.05) is 29.8 Å². The van der Waals surface area contributed by atoms with E-state index in [1.165, 1.54) is 6.42 Å². The quantitative estimate of drug-likeness (QED) is 0.0971. The fourth-order valence-corrected chi connectivity index (χ4v) is 4.08. The van der Waals surface area contributed by atoms with Crippen LogP contribution in [0.2, 0.25) is 0 Å². The second-order valence-electron chi connectivity index (χ2n) is 10.5. The zero-order valence-corrected chi connectivity index (χ0v) is 25.3. The van der Waals surface area contributed by atoms with Crippen LogP contribution >= 0.6 is 7.82 Å². The number of unbranched alkanes of at least 4 members (excludes halogenated alkanes) is 3. The summed E-state index contributed by atoms with van der Waals surface area (Å²) >= 11 is 0. The number of hydrogen-bond acceptors (Lipinski definition) is 7. The second kappa shape index (κ2) is 17.6. The van der Waals surface area contributed by atoms with Crippen LogP contribution in [0.25, 0.3) is 0 Å². The number of rotatable bonds is 16. The molecule has 0 aliphatic carbocycles. The summed E-state index contributed by atoms with van der Waals surface area (Å²) in [5.41, 5.74) is 2.54. The van der Waals surface area contributed by atoms with Crippen molar-refractivity contribution >= 4 is 25.5 Å². The Hall–Kier alpha value is -3.19. The topological polar surface area (TPSA) is 126 Å². The average molecular weight is 588 g/mol. The first kappa shape index (κ1) is 34.0. The molecular weight excluding hydrogens is 545 g/mol. The largest absolute Gasteiger partial charge is 0.756 e. The van der Waals surface area contributed by atoms with Gasteiger partial charge in [-0.25, -0.2) is 9.59 Å². The molecule has 2 aromatic carbocycles. The van der Waals surface area contributed by atoms with Crippen molar-refractivity contribution in [3.05, 3.63) is 65.2 Å². The van der Waals surface area contributed by atoms with Crippen molar-refractivity contribution < 1.29 is 37.3 Å². The number of anilines is 1. The van der Waals surface area contributed by atoms with E-state index in [2.05, 4.69) is 29.4 Å². The van der Waals surface area contributed by atoms with Gasteiger partial charge in [0.1, 0.15) is 13.2 Å². The predicted molar refractivity (Wildman–Crippen MR) is 157 cm³/mol. The molecule has 2 rings (SSSR count). The first-order chi connectivity index (χ1) is 19.5. The van der Waals surface area contributed by atoms with Crippen molar-refractivity contribution in [1.29, 1.82) is 0 Å². The van der Waals surface area contributed by atoms with Crippen LogP contribution in [0.5, 0.6) is 0 Å². The maximum absolute atomic E-state index is 12.3. The third-order valence-electron chi connectivity index (χ3n) is 5.71. The van der Waals surface area contributed by atoms with Gasteiger partial charge in [-0.3, -0.25) is 4.57 Å². The summed E-state index contributed by atoms with van der Waals surface area (Å²) in [6.45, 7) is 3.21. The molecule has 0 aromatic heterocycles. The molecule has 2 N–H and O–H groups in total. The number of benzene rings is 2. The van der Waals surface area contributed by atoms with E-state index in [0.717, 1.165) is 30.4 Å². The highest BCUT2D eigenvalue weighted by atomic mass is 31.2. The summed E-state index contributed by atoms with van der Waals surface area (Å²) in [6, 6.07) is 13.7. The predicted octanol–water partition coefficient (Wildman–Crippen LogP) is 4.54. The molecule has 0 saturated carbocycles. The molecule has 1 atom stereocenters. The molecule has 11 heteroatoms. The highest BCUT2D eigenvalue weighted by Gasteiger charge is 2.13. The molecule has 224 valence electrons. The summed E-state index contributed by atoms with van der Waals surface area (Å²) in [5, 5.41) is 5.66. The highest BCUT2D eigenvalue weighted by molar-refractivity contribution is 7.45. The molecule has 2 aromatic rings. The molecule has 2 amide bonds. The Balaban J connectivity index is 1.71. The van der Waals surface area contributed by atoms with E-state index in [0.29, 0.717) is 28.8 Å². The third kappa shape index (κ3) is 15.4. The minimum Gasteiger partial charge on any atom is -0.756 e. The lowest BCUT2D eigenvalue weighted by atomic mass is 10.1. The van der Waals surface area contributed by atoms with E-state index in [9.17, 15) is 19.0 Å². The summed E-state index contributed by atoms with van der Waals surface area (Å²) in [4.78, 5) is 36.0. The Labute approximate surface area is 243 Å². The SMILES string of the molecule is CCCCCCNC(=O)Nc1ccc(C#Cc2ccc(C(=O)OCCCOP(=O)([O-])OCC[N+](C)(C)C)cc2)cc1. The van der Waals surface area contributed by atoms with Crippen LogP contribution in [0.4, 0.5) is 10.5 Å². The van der Waals surface area contributed by atoms with Gasteiger partial charge in [-0.15, -0.1) is 0 Å². The van der Waals surface area contributed by atoms with E-state index < -0.39 is 13.8 Å². The van der Waals surface area contributed by atoms with Crippen LogP contribution in [0.3, 0.4) is 0 Å². The van der Waals surface area contributed by atoms with E-state index in [-0.39, 0.29) is 32.3 Å². The fourth-order valence-electron chi connectivity index (χ4n) is 3.35. The number of likely N-dealkylation sites (N-methyl/N-ethyl adjacent to an activating group) is 1. The van der Waals surface area contributed by atoms with E-state index in [1.54, 1.807) is 36.4 Å². The number of phosphoric acid groups is 1. The maximum atomic E-state index is 12.3. The van der Waals surface area contributed by atoms with Crippen molar-refractivity contribution in [3.63, 3.8) is 0 Å². The molecule has 0 aliphatic heterocycles. The van der Waals surface area contributed by atoms with Gasteiger partial charge in [0.2, 0.25) is 0 Å². The van der Waals surface area contributed by atoms with Crippen molar-refractivity contribution in [3.8, 4) is 11.8 Å². The molecule has 0 aliphatic rings. The second-order valence-corrected chi connectivity index (χ2v) is 11.9. The first-order valence-electron chi connectivity index (χ1n) is 13.8. The number of carbonyl (C=O) groups is 2. The lowest BCUT2D eigenvalue weighted by Crippen LogP contribution is -2.37. The smallest absolute Gasteiger partial charge is 0.338 e. The number of esters is 1. The normalized spacial score (nSPS) is 12.5.